The van der Waals surface area contributed by atoms with Crippen LogP contribution in [0, 0.1) is 0 Å². The zero-order chi connectivity index (χ0) is 17.2. The largest absolute Gasteiger partial charge is 0.0988 e. The van der Waals surface area contributed by atoms with Crippen molar-refractivity contribution in [3.05, 3.63) is 49.6 Å². The molecule has 0 heteroatoms. The van der Waals surface area contributed by atoms with E-state index < -0.39 is 0 Å². The Bertz CT molecular complexity index is 289. The Labute approximate surface area is 146 Å². The molecule has 0 spiro atoms. The van der Waals surface area contributed by atoms with Gasteiger partial charge in [-0.15, -0.1) is 0 Å². The molecule has 0 rings (SSSR count). The second kappa shape index (κ2) is 17.3. The minimum absolute atomic E-state index is 1.13. The van der Waals surface area contributed by atoms with Crippen molar-refractivity contribution in [2.24, 2.45) is 0 Å². The van der Waals surface area contributed by atoms with Crippen LogP contribution in [0.3, 0.4) is 0 Å². The summed E-state index contributed by atoms with van der Waals surface area (Å²) in [6, 6.07) is 0. The molecule has 0 saturated carbocycles. The van der Waals surface area contributed by atoms with Gasteiger partial charge in [-0.2, -0.15) is 0 Å². The van der Waals surface area contributed by atoms with Crippen LogP contribution in [-0.4, -0.2) is 0 Å². The first-order valence-electron chi connectivity index (χ1n) is 9.81. The normalized spacial score (nSPS) is 10.4. The molecular formula is C23H40. The van der Waals surface area contributed by atoms with Gasteiger partial charge in [-0.3, -0.25) is 0 Å². The van der Waals surface area contributed by atoms with Gasteiger partial charge in [0, 0.05) is 0 Å². The maximum atomic E-state index is 3.96. The smallest absolute Gasteiger partial charge is 0.0285 e. The Morgan fingerprint density at radius 3 is 0.870 bits per heavy atom. The maximum Gasteiger partial charge on any atom is -0.0285 e. The molecule has 0 aromatic rings. The number of unbranched alkanes of at least 4 members (excludes halogenated alkanes) is 12. The van der Waals surface area contributed by atoms with E-state index in [-0.39, 0.29) is 0 Å². The number of hydrogen-bond acceptors (Lipinski definition) is 0. The fraction of sp³-hybridized carbons (Fsp3) is 0.652. The van der Waals surface area contributed by atoms with Crippen molar-refractivity contribution >= 4 is 0 Å². The first-order chi connectivity index (χ1) is 11.2. The molecule has 0 N–H and O–H groups in total. The van der Waals surface area contributed by atoms with Gasteiger partial charge in [0.05, 0.1) is 0 Å². The SMILES string of the molecule is C=CC(=C)CCCCCCCCCCCCCCCC(=C)C=C. The molecule has 0 aliphatic carbocycles. The molecule has 0 unspecified atom stereocenters. The van der Waals surface area contributed by atoms with Crippen molar-refractivity contribution in [2.75, 3.05) is 0 Å². The quantitative estimate of drug-likeness (QED) is 0.176. The van der Waals surface area contributed by atoms with Crippen LogP contribution in [0.4, 0.5) is 0 Å². The van der Waals surface area contributed by atoms with Crippen LogP contribution in [0.2, 0.25) is 0 Å². The van der Waals surface area contributed by atoms with Gasteiger partial charge >= 0.3 is 0 Å². The third-order valence-electron chi connectivity index (χ3n) is 4.57. The number of allylic oxidation sites excluding steroid dienone is 4. The van der Waals surface area contributed by atoms with Gasteiger partial charge in [0.1, 0.15) is 0 Å². The van der Waals surface area contributed by atoms with E-state index in [1.54, 1.807) is 0 Å². The molecule has 0 amide bonds. The molecule has 0 radical (unpaired) electrons. The predicted molar refractivity (Wildman–Crippen MR) is 108 cm³/mol. The summed E-state index contributed by atoms with van der Waals surface area (Å²) in [6.45, 7) is 15.4. The van der Waals surface area contributed by atoms with Crippen LogP contribution >= 0.6 is 0 Å². The summed E-state index contributed by atoms with van der Waals surface area (Å²) in [7, 11) is 0. The molecule has 0 fully saturated rings. The van der Waals surface area contributed by atoms with Crippen LogP contribution in [0.1, 0.15) is 96.3 Å². The highest BCUT2D eigenvalue weighted by molar-refractivity contribution is 5.10. The predicted octanol–water partition coefficient (Wildman–Crippen LogP) is 8.32. The topological polar surface area (TPSA) is 0 Å². The molecule has 0 aliphatic rings. The van der Waals surface area contributed by atoms with Crippen LogP contribution in [0.5, 0.6) is 0 Å². The standard InChI is InChI=1S/C23H40/c1-5-22(3)20-18-16-14-12-10-8-7-9-11-13-15-17-19-21-23(4)6-2/h5-6H,1-4,7-21H2. The van der Waals surface area contributed by atoms with E-state index in [1.807, 2.05) is 12.2 Å². The zero-order valence-corrected chi connectivity index (χ0v) is 15.6. The van der Waals surface area contributed by atoms with E-state index >= 15 is 0 Å². The molecule has 0 bridgehead atoms. The minimum atomic E-state index is 1.13. The van der Waals surface area contributed by atoms with Gasteiger partial charge < -0.3 is 0 Å². The lowest BCUT2D eigenvalue weighted by atomic mass is 10.0. The highest BCUT2D eigenvalue weighted by Crippen LogP contribution is 2.15. The van der Waals surface area contributed by atoms with Gasteiger partial charge in [-0.1, -0.05) is 120 Å². The summed E-state index contributed by atoms with van der Waals surface area (Å²) in [6.07, 6.45) is 24.0. The third kappa shape index (κ3) is 17.2. The lowest BCUT2D eigenvalue weighted by molar-refractivity contribution is 0.537. The van der Waals surface area contributed by atoms with Gasteiger partial charge in [0.25, 0.3) is 0 Å². The van der Waals surface area contributed by atoms with Crippen LogP contribution in [0.25, 0.3) is 0 Å². The van der Waals surface area contributed by atoms with Crippen LogP contribution in [-0.2, 0) is 0 Å². The van der Waals surface area contributed by atoms with E-state index in [2.05, 4.69) is 26.3 Å². The number of hydrogen-bond donors (Lipinski definition) is 0. The van der Waals surface area contributed by atoms with Crippen molar-refractivity contribution in [1.82, 2.24) is 0 Å². The minimum Gasteiger partial charge on any atom is -0.0988 e. The van der Waals surface area contributed by atoms with Crippen molar-refractivity contribution in [3.8, 4) is 0 Å². The summed E-state index contributed by atoms with van der Waals surface area (Å²) in [4.78, 5) is 0. The lowest BCUT2D eigenvalue weighted by Gasteiger charge is -2.04. The van der Waals surface area contributed by atoms with Crippen LogP contribution in [0.15, 0.2) is 49.6 Å². The fourth-order valence-electron chi connectivity index (χ4n) is 2.85. The Hall–Kier alpha value is -1.04. The van der Waals surface area contributed by atoms with Gasteiger partial charge in [0.15, 0.2) is 0 Å². The van der Waals surface area contributed by atoms with E-state index in [9.17, 15) is 0 Å². The van der Waals surface area contributed by atoms with Crippen molar-refractivity contribution < 1.29 is 0 Å². The molecule has 132 valence electrons. The molecule has 0 atom stereocenters. The molecule has 0 aromatic heterocycles. The highest BCUT2D eigenvalue weighted by Gasteiger charge is 1.95. The maximum absolute atomic E-state index is 3.96. The molecule has 0 nitrogen and oxygen atoms in total. The highest BCUT2D eigenvalue weighted by atomic mass is 14.0. The fourth-order valence-corrected chi connectivity index (χ4v) is 2.85. The average molecular weight is 317 g/mol. The molecule has 23 heavy (non-hydrogen) atoms. The summed E-state index contributed by atoms with van der Waals surface area (Å²) in [5.74, 6) is 0. The first-order valence-corrected chi connectivity index (χ1v) is 9.81. The van der Waals surface area contributed by atoms with E-state index in [0.29, 0.717) is 0 Å². The van der Waals surface area contributed by atoms with E-state index in [4.69, 9.17) is 0 Å². The number of rotatable bonds is 18. The van der Waals surface area contributed by atoms with E-state index in [0.717, 1.165) is 12.8 Å². The Kier molecular flexibility index (Phi) is 16.5. The van der Waals surface area contributed by atoms with Crippen molar-refractivity contribution in [2.45, 2.75) is 96.3 Å². The molecule has 0 heterocycles. The first kappa shape index (κ1) is 22.0. The van der Waals surface area contributed by atoms with Crippen molar-refractivity contribution in [1.29, 1.82) is 0 Å². The monoisotopic (exact) mass is 316 g/mol. The zero-order valence-electron chi connectivity index (χ0n) is 15.6. The summed E-state index contributed by atoms with van der Waals surface area (Å²) in [5, 5.41) is 0. The van der Waals surface area contributed by atoms with Crippen LogP contribution < -0.4 is 0 Å². The summed E-state index contributed by atoms with van der Waals surface area (Å²) in [5.41, 5.74) is 2.38. The molecular weight excluding hydrogens is 276 g/mol. The van der Waals surface area contributed by atoms with Crippen molar-refractivity contribution in [3.63, 3.8) is 0 Å². The molecule has 0 saturated heterocycles. The summed E-state index contributed by atoms with van der Waals surface area (Å²) < 4.78 is 0. The Morgan fingerprint density at radius 2 is 0.652 bits per heavy atom. The van der Waals surface area contributed by atoms with E-state index in [1.165, 1.54) is 94.6 Å². The average Bonchev–Trinajstić information content (AvgIpc) is 2.57. The second-order valence-corrected chi connectivity index (χ2v) is 6.82. The molecule has 0 aliphatic heterocycles. The second-order valence-electron chi connectivity index (χ2n) is 6.82. The summed E-state index contributed by atoms with van der Waals surface area (Å²) >= 11 is 0. The van der Waals surface area contributed by atoms with Gasteiger partial charge in [-0.25, -0.2) is 0 Å². The third-order valence-corrected chi connectivity index (χ3v) is 4.57. The Balaban J connectivity index is 3.08. The van der Waals surface area contributed by atoms with Gasteiger partial charge in [0.2, 0.25) is 0 Å². The van der Waals surface area contributed by atoms with Gasteiger partial charge in [-0.05, 0) is 25.7 Å². The lowest BCUT2D eigenvalue weighted by Crippen LogP contribution is -1.84. The Morgan fingerprint density at radius 1 is 0.435 bits per heavy atom. The molecule has 0 aromatic carbocycles.